The molecular weight excluding hydrogens is 278 g/mol. The van der Waals surface area contributed by atoms with E-state index in [0.29, 0.717) is 12.5 Å². The summed E-state index contributed by atoms with van der Waals surface area (Å²) < 4.78 is 0. The van der Waals surface area contributed by atoms with Crippen LogP contribution in [0.2, 0.25) is 0 Å². The Hall–Kier alpha value is -2.04. The number of amides is 3. The lowest BCUT2D eigenvalue weighted by molar-refractivity contribution is -0.133. The Bertz CT molecular complexity index is 594. The van der Waals surface area contributed by atoms with Gasteiger partial charge in [0.15, 0.2) is 0 Å². The maximum absolute atomic E-state index is 12.2. The molecule has 0 radical (unpaired) electrons. The second-order valence-electron chi connectivity index (χ2n) is 6.52. The summed E-state index contributed by atoms with van der Waals surface area (Å²) in [5.41, 5.74) is 3.19. The number of nitrogens with one attached hydrogen (secondary N) is 2. The van der Waals surface area contributed by atoms with E-state index in [1.54, 1.807) is 0 Å². The lowest BCUT2D eigenvalue weighted by atomic mass is 9.98. The summed E-state index contributed by atoms with van der Waals surface area (Å²) in [5.74, 6) is 0.557. The monoisotopic (exact) mass is 301 g/mol. The second kappa shape index (κ2) is 5.99. The highest BCUT2D eigenvalue weighted by atomic mass is 16.2. The molecule has 1 aromatic carbocycles. The van der Waals surface area contributed by atoms with Gasteiger partial charge >= 0.3 is 6.03 Å². The van der Waals surface area contributed by atoms with E-state index in [2.05, 4.69) is 16.7 Å². The van der Waals surface area contributed by atoms with Crippen LogP contribution in [0.3, 0.4) is 0 Å². The molecule has 0 atom stereocenters. The molecule has 1 aliphatic carbocycles. The van der Waals surface area contributed by atoms with E-state index >= 15 is 0 Å². The molecule has 2 aliphatic rings. The standard InChI is InChI=1S/C17H23N3O2/c1-11(2)18-17(22)19-15-6-5-12-7-8-20(10-14(12)9-15)16(21)13-3-4-13/h5-6,9,11,13H,3-4,7-8,10H2,1-2H3,(H2,18,19,22). The largest absolute Gasteiger partial charge is 0.338 e. The first-order valence-corrected chi connectivity index (χ1v) is 8.01. The number of fused-ring (bicyclic) bond motifs is 1. The van der Waals surface area contributed by atoms with Gasteiger partial charge in [-0.3, -0.25) is 4.79 Å². The van der Waals surface area contributed by atoms with Crippen molar-refractivity contribution in [1.29, 1.82) is 0 Å². The number of carbonyl (C=O) groups is 2. The molecule has 0 saturated heterocycles. The van der Waals surface area contributed by atoms with Gasteiger partial charge in [-0.15, -0.1) is 0 Å². The quantitative estimate of drug-likeness (QED) is 0.901. The van der Waals surface area contributed by atoms with Gasteiger partial charge in [-0.1, -0.05) is 6.07 Å². The van der Waals surface area contributed by atoms with Crippen LogP contribution >= 0.6 is 0 Å². The fourth-order valence-corrected chi connectivity index (χ4v) is 2.84. The van der Waals surface area contributed by atoms with Crippen molar-refractivity contribution < 1.29 is 9.59 Å². The fraction of sp³-hybridized carbons (Fsp3) is 0.529. The van der Waals surface area contributed by atoms with Crippen molar-refractivity contribution >= 4 is 17.6 Å². The SMILES string of the molecule is CC(C)NC(=O)Nc1ccc2c(c1)CN(C(=O)C1CC1)CC2. The molecule has 118 valence electrons. The van der Waals surface area contributed by atoms with Gasteiger partial charge in [0.2, 0.25) is 5.91 Å². The number of benzene rings is 1. The minimum absolute atomic E-state index is 0.101. The lowest BCUT2D eigenvalue weighted by Gasteiger charge is -2.29. The van der Waals surface area contributed by atoms with Gasteiger partial charge in [0.05, 0.1) is 0 Å². The van der Waals surface area contributed by atoms with Gasteiger partial charge in [0.25, 0.3) is 0 Å². The minimum Gasteiger partial charge on any atom is -0.338 e. The van der Waals surface area contributed by atoms with E-state index in [1.165, 1.54) is 5.56 Å². The van der Waals surface area contributed by atoms with E-state index < -0.39 is 0 Å². The number of hydrogen-bond acceptors (Lipinski definition) is 2. The smallest absolute Gasteiger partial charge is 0.319 e. The summed E-state index contributed by atoms with van der Waals surface area (Å²) in [7, 11) is 0. The Kier molecular flexibility index (Phi) is 4.05. The highest BCUT2D eigenvalue weighted by molar-refractivity contribution is 5.89. The predicted octanol–water partition coefficient (Wildman–Crippen LogP) is 2.51. The third-order valence-electron chi connectivity index (χ3n) is 4.13. The Morgan fingerprint density at radius 1 is 1.23 bits per heavy atom. The third kappa shape index (κ3) is 3.40. The highest BCUT2D eigenvalue weighted by Gasteiger charge is 2.34. The van der Waals surface area contributed by atoms with E-state index in [1.807, 2.05) is 30.9 Å². The number of nitrogens with zero attached hydrogens (tertiary/aromatic N) is 1. The van der Waals surface area contributed by atoms with Crippen LogP contribution in [-0.4, -0.2) is 29.4 Å². The molecule has 0 bridgehead atoms. The van der Waals surface area contributed by atoms with Crippen molar-refractivity contribution in [3.63, 3.8) is 0 Å². The van der Waals surface area contributed by atoms with Crippen molar-refractivity contribution in [2.24, 2.45) is 5.92 Å². The Morgan fingerprint density at radius 2 is 2.00 bits per heavy atom. The summed E-state index contributed by atoms with van der Waals surface area (Å²) in [6.07, 6.45) is 2.98. The molecule has 22 heavy (non-hydrogen) atoms. The van der Waals surface area contributed by atoms with E-state index in [9.17, 15) is 9.59 Å². The first kappa shape index (κ1) is 14.9. The van der Waals surface area contributed by atoms with Crippen molar-refractivity contribution in [3.8, 4) is 0 Å². The Balaban J connectivity index is 1.68. The molecule has 1 aromatic rings. The lowest BCUT2D eigenvalue weighted by Crippen LogP contribution is -2.37. The average molecular weight is 301 g/mol. The normalized spacial score (nSPS) is 17.1. The second-order valence-corrected chi connectivity index (χ2v) is 6.52. The molecule has 3 amide bonds. The number of hydrogen-bond donors (Lipinski definition) is 2. The zero-order valence-corrected chi connectivity index (χ0v) is 13.2. The topological polar surface area (TPSA) is 61.4 Å². The van der Waals surface area contributed by atoms with Crippen molar-refractivity contribution in [1.82, 2.24) is 10.2 Å². The van der Waals surface area contributed by atoms with Crippen LogP contribution in [0.1, 0.15) is 37.8 Å². The summed E-state index contributed by atoms with van der Waals surface area (Å²) in [6.45, 7) is 5.32. The van der Waals surface area contributed by atoms with Crippen LogP contribution in [-0.2, 0) is 17.8 Å². The molecule has 5 heteroatoms. The van der Waals surface area contributed by atoms with Crippen LogP contribution in [0.15, 0.2) is 18.2 Å². The van der Waals surface area contributed by atoms with E-state index in [-0.39, 0.29) is 18.0 Å². The molecule has 2 N–H and O–H groups in total. The molecular formula is C17H23N3O2. The average Bonchev–Trinajstić information content (AvgIpc) is 3.29. The highest BCUT2D eigenvalue weighted by Crippen LogP contribution is 2.33. The van der Waals surface area contributed by atoms with Crippen LogP contribution in [0.25, 0.3) is 0 Å². The Morgan fingerprint density at radius 3 is 2.68 bits per heavy atom. The molecule has 0 unspecified atom stereocenters. The van der Waals surface area contributed by atoms with Gasteiger partial charge < -0.3 is 15.5 Å². The molecule has 1 saturated carbocycles. The van der Waals surface area contributed by atoms with Crippen molar-refractivity contribution in [2.75, 3.05) is 11.9 Å². The fourth-order valence-electron chi connectivity index (χ4n) is 2.84. The minimum atomic E-state index is -0.198. The maximum Gasteiger partial charge on any atom is 0.319 e. The summed E-state index contributed by atoms with van der Waals surface area (Å²) >= 11 is 0. The zero-order valence-electron chi connectivity index (χ0n) is 13.2. The molecule has 1 aliphatic heterocycles. The van der Waals surface area contributed by atoms with Crippen LogP contribution < -0.4 is 10.6 Å². The molecule has 0 spiro atoms. The summed E-state index contributed by atoms with van der Waals surface area (Å²) in [4.78, 5) is 25.9. The summed E-state index contributed by atoms with van der Waals surface area (Å²) in [5, 5.41) is 5.66. The first-order chi connectivity index (χ1) is 10.5. The van der Waals surface area contributed by atoms with Gasteiger partial charge in [-0.2, -0.15) is 0 Å². The number of carbonyl (C=O) groups excluding carboxylic acids is 2. The number of rotatable bonds is 3. The molecule has 5 nitrogen and oxygen atoms in total. The third-order valence-corrected chi connectivity index (χ3v) is 4.13. The first-order valence-electron chi connectivity index (χ1n) is 8.01. The molecule has 3 rings (SSSR count). The van der Waals surface area contributed by atoms with Crippen molar-refractivity contribution in [3.05, 3.63) is 29.3 Å². The zero-order chi connectivity index (χ0) is 15.7. The number of urea groups is 1. The van der Waals surface area contributed by atoms with Gasteiger partial charge in [0, 0.05) is 30.7 Å². The van der Waals surface area contributed by atoms with E-state index in [4.69, 9.17) is 0 Å². The van der Waals surface area contributed by atoms with Gasteiger partial charge in [-0.05, 0) is 56.4 Å². The Labute approximate surface area is 131 Å². The number of anilines is 1. The summed E-state index contributed by atoms with van der Waals surface area (Å²) in [6, 6.07) is 5.87. The van der Waals surface area contributed by atoms with Gasteiger partial charge in [0.1, 0.15) is 0 Å². The maximum atomic E-state index is 12.2. The van der Waals surface area contributed by atoms with Crippen LogP contribution in [0.4, 0.5) is 10.5 Å². The molecule has 0 aromatic heterocycles. The predicted molar refractivity (Wildman–Crippen MR) is 85.6 cm³/mol. The molecule has 1 heterocycles. The van der Waals surface area contributed by atoms with Crippen LogP contribution in [0, 0.1) is 5.92 Å². The van der Waals surface area contributed by atoms with Crippen LogP contribution in [0.5, 0.6) is 0 Å². The van der Waals surface area contributed by atoms with Gasteiger partial charge in [-0.25, -0.2) is 4.79 Å². The van der Waals surface area contributed by atoms with E-state index in [0.717, 1.165) is 37.1 Å². The molecule has 1 fully saturated rings. The van der Waals surface area contributed by atoms with Crippen molar-refractivity contribution in [2.45, 2.75) is 45.7 Å².